The molecule has 32 heavy (non-hydrogen) atoms. The normalized spacial score (nSPS) is 11.1. The first-order valence-corrected chi connectivity index (χ1v) is 10.1. The van der Waals surface area contributed by atoms with E-state index in [1.165, 1.54) is 0 Å². The van der Waals surface area contributed by atoms with Gasteiger partial charge in [-0.05, 0) is 42.5 Å². The van der Waals surface area contributed by atoms with Gasteiger partial charge >= 0.3 is 5.69 Å². The Labute approximate surface area is 183 Å². The molecule has 0 aliphatic carbocycles. The Balaban J connectivity index is 1.56. The predicted molar refractivity (Wildman–Crippen MR) is 123 cm³/mol. The number of rotatable bonds is 4. The molecule has 0 aliphatic rings. The molecule has 8 nitrogen and oxygen atoms in total. The van der Waals surface area contributed by atoms with Gasteiger partial charge in [0.15, 0.2) is 0 Å². The molecule has 0 saturated carbocycles. The summed E-state index contributed by atoms with van der Waals surface area (Å²) in [5, 5.41) is 7.60. The molecular formula is C24H20N6O2. The number of carbonyl (C=O) groups is 1. The van der Waals surface area contributed by atoms with Crippen LogP contribution in [0, 0.1) is 0 Å². The van der Waals surface area contributed by atoms with Crippen LogP contribution in [0.5, 0.6) is 0 Å². The zero-order valence-electron chi connectivity index (χ0n) is 17.6. The van der Waals surface area contributed by atoms with Gasteiger partial charge in [0, 0.05) is 43.9 Å². The second-order valence-electron chi connectivity index (χ2n) is 7.47. The maximum absolute atomic E-state index is 13.3. The molecule has 0 bridgehead atoms. The average molecular weight is 424 g/mol. The summed E-state index contributed by atoms with van der Waals surface area (Å²) in [5.41, 5.74) is 4.55. The van der Waals surface area contributed by atoms with Gasteiger partial charge in [-0.2, -0.15) is 5.10 Å². The third kappa shape index (κ3) is 3.27. The molecule has 0 spiro atoms. The van der Waals surface area contributed by atoms with Crippen LogP contribution in [0.2, 0.25) is 0 Å². The SMILES string of the molecule is Cn1c(=O)n(C)c2cc(NC(=O)c3cn(-c4ccccc4)nc3-c3cccnc3)ccc21. The van der Waals surface area contributed by atoms with Crippen molar-refractivity contribution in [1.29, 1.82) is 0 Å². The molecule has 3 heterocycles. The summed E-state index contributed by atoms with van der Waals surface area (Å²) >= 11 is 0. The Hall–Kier alpha value is -4.46. The fourth-order valence-electron chi connectivity index (χ4n) is 3.75. The van der Waals surface area contributed by atoms with Crippen LogP contribution in [0.25, 0.3) is 28.0 Å². The third-order valence-electron chi connectivity index (χ3n) is 5.44. The van der Waals surface area contributed by atoms with E-state index in [-0.39, 0.29) is 11.6 Å². The number of imidazole rings is 1. The molecule has 5 rings (SSSR count). The minimum Gasteiger partial charge on any atom is -0.322 e. The van der Waals surface area contributed by atoms with Gasteiger partial charge < -0.3 is 5.32 Å². The van der Waals surface area contributed by atoms with E-state index in [1.807, 2.05) is 48.5 Å². The molecule has 0 saturated heterocycles. The molecule has 0 fully saturated rings. The van der Waals surface area contributed by atoms with E-state index >= 15 is 0 Å². The van der Waals surface area contributed by atoms with E-state index in [0.29, 0.717) is 16.9 Å². The number of pyridine rings is 1. The quantitative estimate of drug-likeness (QED) is 0.479. The molecule has 0 radical (unpaired) electrons. The highest BCUT2D eigenvalue weighted by Gasteiger charge is 2.19. The van der Waals surface area contributed by atoms with Crippen LogP contribution in [0.15, 0.2) is 84.0 Å². The number of fused-ring (bicyclic) bond motifs is 1. The van der Waals surface area contributed by atoms with Gasteiger partial charge in [-0.15, -0.1) is 0 Å². The maximum atomic E-state index is 13.3. The van der Waals surface area contributed by atoms with E-state index in [1.54, 1.807) is 58.6 Å². The number of anilines is 1. The molecule has 158 valence electrons. The number of para-hydroxylation sites is 1. The second kappa shape index (κ2) is 7.66. The van der Waals surface area contributed by atoms with Crippen molar-refractivity contribution in [1.82, 2.24) is 23.9 Å². The summed E-state index contributed by atoms with van der Waals surface area (Å²) in [5.74, 6) is -0.300. The van der Waals surface area contributed by atoms with Crippen LogP contribution in [0.3, 0.4) is 0 Å². The fraction of sp³-hybridized carbons (Fsp3) is 0.0833. The van der Waals surface area contributed by atoms with Crippen LogP contribution in [0.4, 0.5) is 5.69 Å². The van der Waals surface area contributed by atoms with Gasteiger partial charge in [0.05, 0.1) is 22.3 Å². The first-order valence-electron chi connectivity index (χ1n) is 10.1. The zero-order chi connectivity index (χ0) is 22.2. The van der Waals surface area contributed by atoms with Gasteiger partial charge in [-0.1, -0.05) is 18.2 Å². The first-order chi connectivity index (χ1) is 15.5. The van der Waals surface area contributed by atoms with Crippen molar-refractivity contribution in [3.63, 3.8) is 0 Å². The summed E-state index contributed by atoms with van der Waals surface area (Å²) in [6.45, 7) is 0. The summed E-state index contributed by atoms with van der Waals surface area (Å²) < 4.78 is 4.81. The van der Waals surface area contributed by atoms with Crippen LogP contribution < -0.4 is 11.0 Å². The van der Waals surface area contributed by atoms with Gasteiger partial charge in [0.1, 0.15) is 5.69 Å². The van der Waals surface area contributed by atoms with Gasteiger partial charge in [0.25, 0.3) is 5.91 Å². The Bertz CT molecular complexity index is 1500. The Morgan fingerprint density at radius 3 is 2.47 bits per heavy atom. The average Bonchev–Trinajstić information content (AvgIpc) is 3.37. The van der Waals surface area contributed by atoms with E-state index in [9.17, 15) is 9.59 Å². The summed E-state index contributed by atoms with van der Waals surface area (Å²) in [4.78, 5) is 29.7. The minimum absolute atomic E-state index is 0.119. The van der Waals surface area contributed by atoms with Crippen molar-refractivity contribution >= 4 is 22.6 Å². The predicted octanol–water partition coefficient (Wildman–Crippen LogP) is 3.38. The lowest BCUT2D eigenvalue weighted by molar-refractivity contribution is 0.102. The second-order valence-corrected chi connectivity index (χ2v) is 7.47. The number of hydrogen-bond acceptors (Lipinski definition) is 4. The van der Waals surface area contributed by atoms with Crippen LogP contribution >= 0.6 is 0 Å². The van der Waals surface area contributed by atoms with Crippen molar-refractivity contribution in [2.24, 2.45) is 14.1 Å². The highest BCUT2D eigenvalue weighted by Crippen LogP contribution is 2.25. The largest absolute Gasteiger partial charge is 0.328 e. The number of hydrogen-bond donors (Lipinski definition) is 1. The molecular weight excluding hydrogens is 404 g/mol. The molecule has 3 aromatic heterocycles. The van der Waals surface area contributed by atoms with Crippen LogP contribution in [-0.2, 0) is 14.1 Å². The van der Waals surface area contributed by atoms with Crippen molar-refractivity contribution in [2.45, 2.75) is 0 Å². The molecule has 1 amide bonds. The fourth-order valence-corrected chi connectivity index (χ4v) is 3.75. The summed E-state index contributed by atoms with van der Waals surface area (Å²) in [6, 6.07) is 18.7. The summed E-state index contributed by atoms with van der Waals surface area (Å²) in [7, 11) is 3.43. The number of benzene rings is 2. The maximum Gasteiger partial charge on any atom is 0.328 e. The molecule has 8 heteroatoms. The summed E-state index contributed by atoms with van der Waals surface area (Å²) in [6.07, 6.45) is 5.07. The third-order valence-corrected chi connectivity index (χ3v) is 5.44. The monoisotopic (exact) mass is 424 g/mol. The van der Waals surface area contributed by atoms with Gasteiger partial charge in [-0.3, -0.25) is 18.9 Å². The van der Waals surface area contributed by atoms with Gasteiger partial charge in [-0.25, -0.2) is 9.48 Å². The lowest BCUT2D eigenvalue weighted by atomic mass is 10.1. The van der Waals surface area contributed by atoms with E-state index in [0.717, 1.165) is 22.3 Å². The molecule has 2 aromatic carbocycles. The Kier molecular flexibility index (Phi) is 4.67. The van der Waals surface area contributed by atoms with Crippen LogP contribution in [-0.4, -0.2) is 29.8 Å². The Morgan fingerprint density at radius 1 is 0.938 bits per heavy atom. The zero-order valence-corrected chi connectivity index (χ0v) is 17.6. The highest BCUT2D eigenvalue weighted by molar-refractivity contribution is 6.08. The highest BCUT2D eigenvalue weighted by atomic mass is 16.2. The molecule has 0 atom stereocenters. The molecule has 1 N–H and O–H groups in total. The number of nitrogens with one attached hydrogen (secondary N) is 1. The van der Waals surface area contributed by atoms with Gasteiger partial charge in [0.2, 0.25) is 0 Å². The molecule has 5 aromatic rings. The van der Waals surface area contributed by atoms with Crippen molar-refractivity contribution in [3.05, 3.63) is 95.3 Å². The van der Waals surface area contributed by atoms with Crippen molar-refractivity contribution < 1.29 is 4.79 Å². The Morgan fingerprint density at radius 2 is 1.72 bits per heavy atom. The number of carbonyl (C=O) groups excluding carboxylic acids is 1. The lowest BCUT2D eigenvalue weighted by Gasteiger charge is -2.06. The lowest BCUT2D eigenvalue weighted by Crippen LogP contribution is -2.19. The standard InChI is InChI=1S/C24H20N6O2/c1-28-20-11-10-17(13-21(20)29(2)24(28)32)26-23(31)19-15-30(18-8-4-3-5-9-18)27-22(19)16-7-6-12-25-14-16/h3-15H,1-2H3,(H,26,31). The topological polar surface area (TPSA) is 86.7 Å². The first kappa shape index (κ1) is 19.5. The number of aryl methyl sites for hydroxylation is 2. The molecule has 0 unspecified atom stereocenters. The molecule has 0 aliphatic heterocycles. The van der Waals surface area contributed by atoms with E-state index < -0.39 is 0 Å². The minimum atomic E-state index is -0.300. The number of nitrogens with zero attached hydrogens (tertiary/aromatic N) is 5. The van der Waals surface area contributed by atoms with Crippen LogP contribution in [0.1, 0.15) is 10.4 Å². The smallest absolute Gasteiger partial charge is 0.322 e. The van der Waals surface area contributed by atoms with E-state index in [2.05, 4.69) is 15.4 Å². The number of amides is 1. The van der Waals surface area contributed by atoms with E-state index in [4.69, 9.17) is 0 Å². The van der Waals surface area contributed by atoms with Crippen molar-refractivity contribution in [3.8, 4) is 16.9 Å². The number of aromatic nitrogens is 5. The van der Waals surface area contributed by atoms with Crippen molar-refractivity contribution in [2.75, 3.05) is 5.32 Å².